The summed E-state index contributed by atoms with van der Waals surface area (Å²) < 4.78 is 35.4. The summed E-state index contributed by atoms with van der Waals surface area (Å²) >= 11 is 0. The van der Waals surface area contributed by atoms with Crippen LogP contribution in [0.4, 0.5) is 8.63 Å². The molecular weight excluding hydrogens is 425 g/mol. The number of fused-ring (bicyclic) bond motifs is 2. The summed E-state index contributed by atoms with van der Waals surface area (Å²) in [6.07, 6.45) is 1.46. The summed E-state index contributed by atoms with van der Waals surface area (Å²) in [7, 11) is 0. The van der Waals surface area contributed by atoms with Crippen LogP contribution in [0.1, 0.15) is 62.2 Å². The maximum absolute atomic E-state index is 16.4. The number of benzene rings is 2. The first-order chi connectivity index (χ1) is 16.2. The van der Waals surface area contributed by atoms with Crippen LogP contribution in [0.25, 0.3) is 16.7 Å². The number of aromatic nitrogens is 1. The number of hydrogen-bond donors (Lipinski definition) is 0. The van der Waals surface area contributed by atoms with Gasteiger partial charge in [0, 0.05) is 23.8 Å². The third kappa shape index (κ3) is 2.95. The Morgan fingerprint density at radius 3 is 2.12 bits per heavy atom. The summed E-state index contributed by atoms with van der Waals surface area (Å²) in [5.74, 6) is 0. The van der Waals surface area contributed by atoms with Crippen LogP contribution in [-0.2, 0) is 6.42 Å². The largest absolute Gasteiger partial charge is 0.737 e. The second-order valence-corrected chi connectivity index (χ2v) is 9.43. The topological polar surface area (TPSA) is 7.94 Å². The highest BCUT2D eigenvalue weighted by Crippen LogP contribution is 2.47. The molecular formula is C29H31BF2N2. The molecule has 0 fully saturated rings. The number of hydrogen-bond acceptors (Lipinski definition) is 0. The third-order valence-corrected chi connectivity index (χ3v) is 7.75. The van der Waals surface area contributed by atoms with Crippen LogP contribution in [0.5, 0.6) is 0 Å². The van der Waals surface area contributed by atoms with E-state index in [1.54, 1.807) is 0 Å². The molecule has 3 heterocycles. The third-order valence-electron chi connectivity index (χ3n) is 7.75. The quantitative estimate of drug-likeness (QED) is 0.358. The van der Waals surface area contributed by atoms with E-state index >= 15 is 8.63 Å². The van der Waals surface area contributed by atoms with Crippen LogP contribution in [0.15, 0.2) is 71.4 Å². The van der Waals surface area contributed by atoms with E-state index in [1.807, 2.05) is 65.8 Å². The van der Waals surface area contributed by atoms with Crippen LogP contribution >= 0.6 is 0 Å². The Morgan fingerprint density at radius 1 is 0.824 bits per heavy atom. The van der Waals surface area contributed by atoms with Crippen molar-refractivity contribution in [2.75, 3.05) is 0 Å². The Labute approximate surface area is 201 Å². The molecule has 34 heavy (non-hydrogen) atoms. The molecule has 2 nitrogen and oxygen atoms in total. The molecule has 1 aromatic heterocycles. The molecule has 0 saturated heterocycles. The number of rotatable bonds is 4. The van der Waals surface area contributed by atoms with E-state index in [0.29, 0.717) is 22.8 Å². The monoisotopic (exact) mass is 456 g/mol. The van der Waals surface area contributed by atoms with Crippen LogP contribution < -0.4 is 0 Å². The zero-order valence-corrected chi connectivity index (χ0v) is 20.8. The van der Waals surface area contributed by atoms with Crippen molar-refractivity contribution in [3.05, 3.63) is 99.5 Å². The number of nitrogens with zero attached hydrogens (tertiary/aromatic N) is 2. The van der Waals surface area contributed by atoms with Gasteiger partial charge in [0.15, 0.2) is 5.70 Å². The van der Waals surface area contributed by atoms with Gasteiger partial charge in [0.05, 0.1) is 5.57 Å². The predicted molar refractivity (Wildman–Crippen MR) is 138 cm³/mol. The van der Waals surface area contributed by atoms with Crippen LogP contribution in [-0.4, -0.2) is 21.6 Å². The normalized spacial score (nSPS) is 16.9. The lowest BCUT2D eigenvalue weighted by Gasteiger charge is -2.34. The molecule has 0 spiro atoms. The Hall–Kier alpha value is -3.21. The highest BCUT2D eigenvalue weighted by atomic mass is 19.2. The maximum Gasteiger partial charge on any atom is 0.737 e. The van der Waals surface area contributed by atoms with E-state index in [-0.39, 0.29) is 0 Å². The van der Waals surface area contributed by atoms with Gasteiger partial charge in [-0.05, 0) is 73.2 Å². The summed E-state index contributed by atoms with van der Waals surface area (Å²) in [4.78, 5) is 0. The van der Waals surface area contributed by atoms with Gasteiger partial charge in [0.25, 0.3) is 0 Å². The molecule has 0 amide bonds. The minimum Gasteiger partial charge on any atom is -0.393 e. The molecule has 0 unspecified atom stereocenters. The van der Waals surface area contributed by atoms with Crippen molar-refractivity contribution < 1.29 is 13.1 Å². The van der Waals surface area contributed by atoms with Gasteiger partial charge in [-0.1, -0.05) is 62.4 Å². The molecule has 5 heteroatoms. The molecule has 0 N–H and O–H groups in total. The highest BCUT2D eigenvalue weighted by molar-refractivity contribution is 6.58. The van der Waals surface area contributed by atoms with Crippen molar-refractivity contribution in [3.8, 4) is 11.1 Å². The predicted octanol–water partition coefficient (Wildman–Crippen LogP) is 7.54. The van der Waals surface area contributed by atoms with Gasteiger partial charge in [-0.25, -0.2) is 0 Å². The van der Waals surface area contributed by atoms with Crippen LogP contribution in [0.2, 0.25) is 0 Å². The van der Waals surface area contributed by atoms with Crippen molar-refractivity contribution in [2.24, 2.45) is 0 Å². The summed E-state index contributed by atoms with van der Waals surface area (Å²) in [5.41, 5.74) is 10.7. The number of allylic oxidation sites excluding steroid dienone is 2. The lowest BCUT2D eigenvalue weighted by Crippen LogP contribution is -2.51. The lowest BCUT2D eigenvalue weighted by molar-refractivity contribution is -0.363. The van der Waals surface area contributed by atoms with Gasteiger partial charge >= 0.3 is 6.97 Å². The smallest absolute Gasteiger partial charge is 0.393 e. The second kappa shape index (κ2) is 7.94. The van der Waals surface area contributed by atoms with E-state index < -0.39 is 6.97 Å². The fourth-order valence-corrected chi connectivity index (χ4v) is 6.24. The minimum atomic E-state index is -4.00. The van der Waals surface area contributed by atoms with Crippen LogP contribution in [0, 0.1) is 13.8 Å². The van der Waals surface area contributed by atoms with E-state index in [2.05, 4.69) is 30.3 Å². The van der Waals surface area contributed by atoms with E-state index in [0.717, 1.165) is 57.4 Å². The van der Waals surface area contributed by atoms with Gasteiger partial charge in [0.2, 0.25) is 0 Å². The van der Waals surface area contributed by atoms with Gasteiger partial charge < -0.3 is 17.6 Å². The van der Waals surface area contributed by atoms with Gasteiger partial charge in [-0.3, -0.25) is 0 Å². The van der Waals surface area contributed by atoms with Crippen LogP contribution in [0.3, 0.4) is 0 Å². The van der Waals surface area contributed by atoms with Crippen molar-refractivity contribution in [2.45, 2.75) is 54.4 Å². The lowest BCUT2D eigenvalue weighted by atomic mass is 9.83. The molecule has 0 atom stereocenters. The fraction of sp³-hybridized carbons (Fsp3) is 0.276. The molecule has 5 rings (SSSR count). The van der Waals surface area contributed by atoms with Crippen molar-refractivity contribution in [1.29, 1.82) is 0 Å². The van der Waals surface area contributed by atoms with Crippen molar-refractivity contribution in [1.82, 2.24) is 4.48 Å². The fourth-order valence-electron chi connectivity index (χ4n) is 6.24. The van der Waals surface area contributed by atoms with E-state index in [9.17, 15) is 0 Å². The van der Waals surface area contributed by atoms with E-state index in [1.165, 1.54) is 8.96 Å². The summed E-state index contributed by atoms with van der Waals surface area (Å²) in [6.45, 7) is 7.81. The molecule has 2 aliphatic heterocycles. The highest BCUT2D eigenvalue weighted by Gasteiger charge is 2.56. The molecule has 0 saturated carbocycles. The van der Waals surface area contributed by atoms with Crippen molar-refractivity contribution >= 4 is 18.3 Å². The standard InChI is InChI=1S/C29H31BF2N2/c1-7-25-18(3)28-27(24-16-12-15-23(17-24)22-13-10-9-11-14-22)29-19(4)26(8-2)21(6)34(29)30(31,32)33(28)20(25)5/h9-17H,7-8H2,1-6H3. The minimum absolute atomic E-state index is 0.667. The molecule has 3 aromatic rings. The summed E-state index contributed by atoms with van der Waals surface area (Å²) in [6, 6.07) is 18.6. The zero-order valence-electron chi connectivity index (χ0n) is 20.8. The number of halogens is 2. The Balaban J connectivity index is 1.91. The molecule has 174 valence electrons. The first-order valence-corrected chi connectivity index (χ1v) is 12.2. The van der Waals surface area contributed by atoms with Gasteiger partial charge in [0.1, 0.15) is 5.71 Å². The molecule has 0 aliphatic carbocycles. The Morgan fingerprint density at radius 2 is 1.47 bits per heavy atom. The molecule has 2 aliphatic rings. The SMILES string of the molecule is CCC1=C(C)C2=C(c3cccc(-c4ccccc4)c3)c3c(C)c(CC)c(C)n3[B-](F)(F)[N+]2=C1C. The molecule has 0 radical (unpaired) electrons. The van der Waals surface area contributed by atoms with Gasteiger partial charge in [-0.15, -0.1) is 0 Å². The molecule has 2 aromatic carbocycles. The Kier molecular flexibility index (Phi) is 5.27. The first-order valence-electron chi connectivity index (χ1n) is 12.2. The first kappa shape index (κ1) is 22.6. The zero-order chi connectivity index (χ0) is 24.4. The average molecular weight is 456 g/mol. The summed E-state index contributed by atoms with van der Waals surface area (Å²) in [5, 5.41) is 0. The second-order valence-electron chi connectivity index (χ2n) is 9.43. The maximum atomic E-state index is 16.4. The molecule has 0 bridgehead atoms. The van der Waals surface area contributed by atoms with Gasteiger partial charge in [-0.2, -0.15) is 0 Å². The van der Waals surface area contributed by atoms with Crippen molar-refractivity contribution in [3.63, 3.8) is 0 Å². The average Bonchev–Trinajstić information content (AvgIpc) is 3.24. The Bertz CT molecular complexity index is 1420. The van der Waals surface area contributed by atoms with E-state index in [4.69, 9.17) is 0 Å².